The average molecular weight is 483 g/mol. The molecule has 2 N–H and O–H groups in total. The molecular formula is C24H38N2O8. The number of piperidine rings is 2. The fourth-order valence-corrected chi connectivity index (χ4v) is 5.77. The molecule has 6 atom stereocenters. The summed E-state index contributed by atoms with van der Waals surface area (Å²) in [4.78, 5) is 49.3. The van der Waals surface area contributed by atoms with Gasteiger partial charge in [0.2, 0.25) is 0 Å². The molecular weight excluding hydrogens is 444 g/mol. The van der Waals surface area contributed by atoms with Crippen molar-refractivity contribution in [2.75, 3.05) is 0 Å². The Morgan fingerprint density at radius 2 is 0.971 bits per heavy atom. The molecule has 4 fully saturated rings. The van der Waals surface area contributed by atoms with Gasteiger partial charge in [-0.2, -0.15) is 0 Å². The van der Waals surface area contributed by atoms with Crippen LogP contribution in [-0.4, -0.2) is 79.5 Å². The van der Waals surface area contributed by atoms with Gasteiger partial charge in [0.25, 0.3) is 0 Å². The van der Waals surface area contributed by atoms with Crippen molar-refractivity contribution in [3.05, 3.63) is 0 Å². The molecule has 34 heavy (non-hydrogen) atoms. The summed E-state index contributed by atoms with van der Waals surface area (Å²) in [6.45, 7) is 10.7. The second-order valence-electron chi connectivity index (χ2n) is 11.8. The lowest BCUT2D eigenvalue weighted by atomic mass is 9.99. The van der Waals surface area contributed by atoms with Gasteiger partial charge in [0.1, 0.15) is 23.3 Å². The Kier molecular flexibility index (Phi) is 7.11. The highest BCUT2D eigenvalue weighted by atomic mass is 16.6. The standard InChI is InChI=1S/2C12H19NO4/c2*1-12(2,3)17-11(16)13-8-5-4-7(6-8)9(13)10(14)15/h2*7-9H,4-6H2,1-3H3,(H,14,15)/t2*7-,8+,9+/m10/s1. The molecule has 0 spiro atoms. The van der Waals surface area contributed by atoms with Crippen molar-refractivity contribution in [3.8, 4) is 0 Å². The molecule has 2 aliphatic heterocycles. The summed E-state index contributed by atoms with van der Waals surface area (Å²) in [6, 6.07) is -1.28. The third-order valence-corrected chi connectivity index (χ3v) is 6.88. The molecule has 2 saturated carbocycles. The summed E-state index contributed by atoms with van der Waals surface area (Å²) in [7, 11) is 0. The van der Waals surface area contributed by atoms with Crippen LogP contribution in [0.2, 0.25) is 0 Å². The fourth-order valence-electron chi connectivity index (χ4n) is 5.77. The summed E-state index contributed by atoms with van der Waals surface area (Å²) >= 11 is 0. The molecule has 192 valence electrons. The first-order chi connectivity index (χ1) is 15.6. The van der Waals surface area contributed by atoms with E-state index in [-0.39, 0.29) is 23.9 Å². The summed E-state index contributed by atoms with van der Waals surface area (Å²) in [5.74, 6) is -1.62. The van der Waals surface area contributed by atoms with E-state index in [9.17, 15) is 29.4 Å². The lowest BCUT2D eigenvalue weighted by molar-refractivity contribution is -0.145. The lowest BCUT2D eigenvalue weighted by Crippen LogP contribution is -2.50. The van der Waals surface area contributed by atoms with Gasteiger partial charge in [-0.05, 0) is 91.9 Å². The van der Waals surface area contributed by atoms with Gasteiger partial charge in [-0.25, -0.2) is 19.2 Å². The fraction of sp³-hybridized carbons (Fsp3) is 0.833. The van der Waals surface area contributed by atoms with Gasteiger partial charge in [-0.1, -0.05) is 0 Å². The first-order valence-electron chi connectivity index (χ1n) is 12.1. The third kappa shape index (κ3) is 5.58. The third-order valence-electron chi connectivity index (χ3n) is 6.88. The molecule has 10 heteroatoms. The zero-order valence-corrected chi connectivity index (χ0v) is 20.9. The minimum Gasteiger partial charge on any atom is -0.480 e. The Labute approximate surface area is 200 Å². The number of aliphatic carboxylic acids is 2. The van der Waals surface area contributed by atoms with E-state index < -0.39 is 47.4 Å². The second-order valence-corrected chi connectivity index (χ2v) is 11.8. The number of rotatable bonds is 2. The van der Waals surface area contributed by atoms with Crippen LogP contribution in [0.4, 0.5) is 9.59 Å². The quantitative estimate of drug-likeness (QED) is 0.608. The van der Waals surface area contributed by atoms with Gasteiger partial charge in [-0.3, -0.25) is 9.80 Å². The molecule has 0 unspecified atom stereocenters. The van der Waals surface area contributed by atoms with Crippen LogP contribution < -0.4 is 0 Å². The molecule has 2 saturated heterocycles. The normalized spacial score (nSPS) is 31.7. The van der Waals surface area contributed by atoms with Crippen LogP contribution in [0.25, 0.3) is 0 Å². The number of nitrogens with zero attached hydrogens (tertiary/aromatic N) is 2. The van der Waals surface area contributed by atoms with Crippen molar-refractivity contribution in [1.29, 1.82) is 0 Å². The number of hydrogen-bond donors (Lipinski definition) is 2. The number of hydrogen-bond acceptors (Lipinski definition) is 6. The summed E-state index contributed by atoms with van der Waals surface area (Å²) in [5, 5.41) is 18.4. The van der Waals surface area contributed by atoms with E-state index in [0.29, 0.717) is 0 Å². The first-order valence-corrected chi connectivity index (χ1v) is 12.1. The zero-order chi connectivity index (χ0) is 25.6. The van der Waals surface area contributed by atoms with Crippen molar-refractivity contribution in [2.24, 2.45) is 11.8 Å². The first kappa shape index (κ1) is 26.1. The van der Waals surface area contributed by atoms with Gasteiger partial charge >= 0.3 is 24.1 Å². The van der Waals surface area contributed by atoms with E-state index in [2.05, 4.69) is 0 Å². The largest absolute Gasteiger partial charge is 0.480 e. The molecule has 4 aliphatic rings. The van der Waals surface area contributed by atoms with Crippen molar-refractivity contribution in [2.45, 2.75) is 115 Å². The van der Waals surface area contributed by atoms with E-state index in [4.69, 9.17) is 9.47 Å². The lowest BCUT2D eigenvalue weighted by Gasteiger charge is -2.34. The maximum atomic E-state index is 12.0. The van der Waals surface area contributed by atoms with E-state index in [0.717, 1.165) is 38.5 Å². The van der Waals surface area contributed by atoms with E-state index >= 15 is 0 Å². The monoisotopic (exact) mass is 482 g/mol. The molecule has 2 amide bonds. The van der Waals surface area contributed by atoms with Crippen molar-refractivity contribution in [3.63, 3.8) is 0 Å². The smallest absolute Gasteiger partial charge is 0.411 e. The Morgan fingerprint density at radius 3 is 1.24 bits per heavy atom. The Hall–Kier alpha value is -2.52. The highest BCUT2D eigenvalue weighted by molar-refractivity contribution is 5.82. The summed E-state index contributed by atoms with van der Waals surface area (Å²) in [5.41, 5.74) is -1.16. The summed E-state index contributed by atoms with van der Waals surface area (Å²) < 4.78 is 10.6. The number of fused-ring (bicyclic) bond motifs is 4. The van der Waals surface area contributed by atoms with Gasteiger partial charge < -0.3 is 19.7 Å². The molecule has 0 radical (unpaired) electrons. The molecule has 0 aromatic heterocycles. The van der Waals surface area contributed by atoms with Crippen LogP contribution >= 0.6 is 0 Å². The van der Waals surface area contributed by atoms with Crippen LogP contribution in [0.15, 0.2) is 0 Å². The highest BCUT2D eigenvalue weighted by Crippen LogP contribution is 2.44. The number of carbonyl (C=O) groups is 4. The van der Waals surface area contributed by atoms with Gasteiger partial charge in [-0.15, -0.1) is 0 Å². The van der Waals surface area contributed by atoms with Crippen LogP contribution in [-0.2, 0) is 19.1 Å². The van der Waals surface area contributed by atoms with Crippen LogP contribution in [0.5, 0.6) is 0 Å². The molecule has 4 rings (SSSR count). The number of amides is 2. The van der Waals surface area contributed by atoms with Gasteiger partial charge in [0.05, 0.1) is 0 Å². The Balaban J connectivity index is 0.000000191. The predicted octanol–water partition coefficient (Wildman–Crippen LogP) is 3.72. The molecule has 4 bridgehead atoms. The van der Waals surface area contributed by atoms with Crippen LogP contribution in [0, 0.1) is 11.8 Å². The van der Waals surface area contributed by atoms with Crippen molar-refractivity contribution >= 4 is 24.1 Å². The average Bonchev–Trinajstić information content (AvgIpc) is 3.44. The number of carboxylic acids is 2. The molecule has 2 aliphatic carbocycles. The minimum absolute atomic E-state index is 0.0518. The number of carbonyl (C=O) groups excluding carboxylic acids is 2. The van der Waals surface area contributed by atoms with Crippen molar-refractivity contribution < 1.29 is 38.9 Å². The number of carboxylic acid groups (broad SMARTS) is 2. The van der Waals surface area contributed by atoms with Crippen LogP contribution in [0.3, 0.4) is 0 Å². The maximum absolute atomic E-state index is 12.0. The van der Waals surface area contributed by atoms with Crippen molar-refractivity contribution in [1.82, 2.24) is 9.80 Å². The molecule has 10 nitrogen and oxygen atoms in total. The predicted molar refractivity (Wildman–Crippen MR) is 121 cm³/mol. The van der Waals surface area contributed by atoms with Crippen LogP contribution in [0.1, 0.15) is 80.1 Å². The zero-order valence-electron chi connectivity index (χ0n) is 20.9. The van der Waals surface area contributed by atoms with E-state index in [1.807, 2.05) is 0 Å². The SMILES string of the molecule is CC(C)(C)OC(=O)N1[C@@H]2CC[C@@H](C2)[C@@H]1C(=O)O.CC(C)(C)OC(=O)N1[C@H]2CC[C@H](C2)[C@H]1C(=O)O. The Morgan fingerprint density at radius 1 is 0.647 bits per heavy atom. The molecule has 0 aromatic rings. The number of likely N-dealkylation sites (tertiary alicyclic amines) is 2. The van der Waals surface area contributed by atoms with E-state index in [1.165, 1.54) is 9.80 Å². The Bertz CT molecular complexity index is 762. The minimum atomic E-state index is -0.914. The molecule has 0 aromatic carbocycles. The number of ether oxygens (including phenoxy) is 2. The topological polar surface area (TPSA) is 134 Å². The maximum Gasteiger partial charge on any atom is 0.411 e. The van der Waals surface area contributed by atoms with E-state index in [1.54, 1.807) is 41.5 Å². The van der Waals surface area contributed by atoms with Gasteiger partial charge in [0.15, 0.2) is 0 Å². The summed E-state index contributed by atoms with van der Waals surface area (Å²) in [6.07, 6.45) is 4.23. The van der Waals surface area contributed by atoms with Gasteiger partial charge in [0, 0.05) is 12.1 Å². The second kappa shape index (κ2) is 9.26. The molecule has 2 heterocycles. The highest BCUT2D eigenvalue weighted by Gasteiger charge is 2.53.